The number of imidazole rings is 2. The number of aryl methyl sites for hydroxylation is 3. The molecule has 0 saturated heterocycles. The summed E-state index contributed by atoms with van der Waals surface area (Å²) in [5, 5.41) is 13.1. The average molecular weight is 501 g/mol. The van der Waals surface area contributed by atoms with E-state index in [9.17, 15) is 0 Å². The Morgan fingerprint density at radius 2 is 1.76 bits per heavy atom. The minimum atomic E-state index is 0.269. The van der Waals surface area contributed by atoms with Crippen LogP contribution < -0.4 is 0 Å². The van der Waals surface area contributed by atoms with Crippen molar-refractivity contribution in [3.8, 4) is 21.7 Å². The Hall–Kier alpha value is -4.10. The predicted octanol–water partition coefficient (Wildman–Crippen LogP) is 7.46. The van der Waals surface area contributed by atoms with Gasteiger partial charge in [-0.05, 0) is 53.8 Å². The van der Waals surface area contributed by atoms with Gasteiger partial charge in [-0.25, -0.2) is 15.0 Å². The Morgan fingerprint density at radius 3 is 2.62 bits per heavy atom. The molecule has 0 saturated carbocycles. The maximum absolute atomic E-state index is 4.94. The molecule has 4 heterocycles. The second kappa shape index (κ2) is 7.46. The van der Waals surface area contributed by atoms with Crippen molar-refractivity contribution in [1.29, 1.82) is 0 Å². The minimum Gasteiger partial charge on any atom is -0.346 e. The summed E-state index contributed by atoms with van der Waals surface area (Å²) in [5.74, 6) is 2.14. The molecule has 1 aliphatic carbocycles. The molecule has 0 atom stereocenters. The molecule has 0 radical (unpaired) electrons. The van der Waals surface area contributed by atoms with Crippen LogP contribution in [0.4, 0.5) is 0 Å². The van der Waals surface area contributed by atoms with Crippen molar-refractivity contribution in [1.82, 2.24) is 30.1 Å². The maximum atomic E-state index is 4.94. The number of hydrogen-bond acceptors (Lipinski definition) is 5. The number of aromatic nitrogens is 6. The van der Waals surface area contributed by atoms with Crippen LogP contribution in [0, 0.1) is 6.92 Å². The standard InChI is InChI=1S/C30H24N6S/c1-14(2)30-35-27-19-6-4-16(10-21(19)22-12-31-32-13-23(22)28(27)36-30)25-11-17-5-7-18-20(29(17)37-25)8-9-24-26(18)34-15(3)33-24/h4-7,10-14,31H,8-9H2,1-3H3,(H,33,34). The predicted molar refractivity (Wildman–Crippen MR) is 151 cm³/mol. The summed E-state index contributed by atoms with van der Waals surface area (Å²) in [7, 11) is 0. The van der Waals surface area contributed by atoms with Crippen LogP contribution in [0.15, 0.2) is 48.8 Å². The molecule has 8 rings (SSSR count). The number of rotatable bonds is 2. The van der Waals surface area contributed by atoms with Gasteiger partial charge >= 0.3 is 0 Å². The van der Waals surface area contributed by atoms with Gasteiger partial charge < -0.3 is 4.98 Å². The van der Waals surface area contributed by atoms with Gasteiger partial charge in [0.15, 0.2) is 0 Å². The first-order valence-electron chi connectivity index (χ1n) is 12.7. The lowest BCUT2D eigenvalue weighted by Crippen LogP contribution is -2.03. The zero-order valence-corrected chi connectivity index (χ0v) is 21.6. The van der Waals surface area contributed by atoms with Gasteiger partial charge in [0.2, 0.25) is 0 Å². The molecular formula is C30H24N6S. The third-order valence-corrected chi connectivity index (χ3v) is 8.89. The number of nitrogens with zero attached hydrogens (tertiary/aromatic N) is 4. The first-order chi connectivity index (χ1) is 18.0. The Labute approximate surface area is 216 Å². The summed E-state index contributed by atoms with van der Waals surface area (Å²) < 4.78 is 1.38. The van der Waals surface area contributed by atoms with Crippen LogP contribution in [-0.2, 0) is 12.8 Å². The van der Waals surface area contributed by atoms with E-state index >= 15 is 0 Å². The van der Waals surface area contributed by atoms with Crippen LogP contribution in [0.25, 0.3) is 64.4 Å². The number of H-pyrrole nitrogens is 2. The van der Waals surface area contributed by atoms with E-state index in [-0.39, 0.29) is 5.92 Å². The molecule has 4 aromatic heterocycles. The van der Waals surface area contributed by atoms with E-state index in [0.717, 1.165) is 57.4 Å². The topological polar surface area (TPSA) is 83.1 Å². The average Bonchev–Trinajstić information content (AvgIpc) is 3.64. The molecule has 0 aliphatic heterocycles. The van der Waals surface area contributed by atoms with E-state index in [1.54, 1.807) is 0 Å². The van der Waals surface area contributed by atoms with Gasteiger partial charge in [-0.15, -0.1) is 11.3 Å². The largest absolute Gasteiger partial charge is 0.346 e. The monoisotopic (exact) mass is 500 g/mol. The van der Waals surface area contributed by atoms with Gasteiger partial charge in [0.25, 0.3) is 0 Å². The van der Waals surface area contributed by atoms with Crippen molar-refractivity contribution in [2.75, 3.05) is 0 Å². The zero-order valence-electron chi connectivity index (χ0n) is 20.8. The summed E-state index contributed by atoms with van der Waals surface area (Å²) >= 11 is 1.89. The Bertz CT molecular complexity index is 2040. The van der Waals surface area contributed by atoms with Gasteiger partial charge in [0.1, 0.15) is 17.2 Å². The lowest BCUT2D eigenvalue weighted by Gasteiger charge is -2.15. The molecule has 0 amide bonds. The number of hydrogen-bond donors (Lipinski definition) is 2. The first kappa shape index (κ1) is 21.0. The number of thiophene rings is 1. The summed E-state index contributed by atoms with van der Waals surface area (Å²) in [5.41, 5.74) is 8.19. The second-order valence-electron chi connectivity index (χ2n) is 10.3. The molecule has 7 heteroatoms. The SMILES string of the molecule is Cc1nc2c([nH]1)CCc1c-2ccc2cc(-c3ccc4c(c3)c3c[nH]ncc3c3nc(C(C)C)nc43)sc12. The second-order valence-corrected chi connectivity index (χ2v) is 11.4. The number of aromatic amines is 2. The van der Waals surface area contributed by atoms with Crippen molar-refractivity contribution >= 4 is 54.0 Å². The summed E-state index contributed by atoms with van der Waals surface area (Å²) in [6, 6.07) is 13.6. The van der Waals surface area contributed by atoms with Crippen LogP contribution in [0.1, 0.15) is 42.7 Å². The van der Waals surface area contributed by atoms with Crippen LogP contribution in [0.3, 0.4) is 0 Å². The zero-order chi connectivity index (χ0) is 24.8. The highest BCUT2D eigenvalue weighted by atomic mass is 32.1. The highest BCUT2D eigenvalue weighted by Gasteiger charge is 2.23. The lowest BCUT2D eigenvalue weighted by molar-refractivity contribution is 0.799. The summed E-state index contributed by atoms with van der Waals surface area (Å²) in [6.07, 6.45) is 5.91. The molecule has 2 N–H and O–H groups in total. The Kier molecular flexibility index (Phi) is 4.24. The molecule has 6 nitrogen and oxygen atoms in total. The fourth-order valence-electron chi connectivity index (χ4n) is 5.85. The summed E-state index contributed by atoms with van der Waals surface area (Å²) in [6.45, 7) is 6.31. The van der Waals surface area contributed by atoms with E-state index in [1.165, 1.54) is 42.7 Å². The minimum absolute atomic E-state index is 0.269. The highest BCUT2D eigenvalue weighted by Crippen LogP contribution is 2.43. The molecule has 0 unspecified atom stereocenters. The molecule has 7 aromatic rings. The quantitative estimate of drug-likeness (QED) is 0.241. The van der Waals surface area contributed by atoms with Crippen molar-refractivity contribution < 1.29 is 0 Å². The van der Waals surface area contributed by atoms with Gasteiger partial charge in [-0.1, -0.05) is 38.1 Å². The number of fused-ring (bicyclic) bond motifs is 11. The molecule has 180 valence electrons. The number of benzene rings is 3. The van der Waals surface area contributed by atoms with Gasteiger partial charge in [-0.2, -0.15) is 5.10 Å². The van der Waals surface area contributed by atoms with Crippen molar-refractivity contribution in [2.24, 2.45) is 0 Å². The summed E-state index contributed by atoms with van der Waals surface area (Å²) in [4.78, 5) is 19.3. The van der Waals surface area contributed by atoms with E-state index in [0.29, 0.717) is 0 Å². The third-order valence-electron chi connectivity index (χ3n) is 7.63. The fourth-order valence-corrected chi connectivity index (χ4v) is 7.08. The van der Waals surface area contributed by atoms with Crippen molar-refractivity contribution in [2.45, 2.75) is 39.5 Å². The highest BCUT2D eigenvalue weighted by molar-refractivity contribution is 7.22. The fraction of sp³-hybridized carbons (Fsp3) is 0.200. The van der Waals surface area contributed by atoms with E-state index < -0.39 is 0 Å². The van der Waals surface area contributed by atoms with E-state index in [1.807, 2.05) is 30.7 Å². The number of nitrogens with one attached hydrogen (secondary N) is 2. The molecule has 3 aromatic carbocycles. The molecule has 0 bridgehead atoms. The maximum Gasteiger partial charge on any atom is 0.132 e. The van der Waals surface area contributed by atoms with Crippen LogP contribution in [0.5, 0.6) is 0 Å². The molecule has 37 heavy (non-hydrogen) atoms. The van der Waals surface area contributed by atoms with Gasteiger partial charge in [0, 0.05) is 49.1 Å². The Morgan fingerprint density at radius 1 is 0.892 bits per heavy atom. The molecule has 0 fully saturated rings. The molecule has 1 aliphatic rings. The van der Waals surface area contributed by atoms with Crippen LogP contribution in [-0.4, -0.2) is 30.1 Å². The normalized spacial score (nSPS) is 13.3. The van der Waals surface area contributed by atoms with Crippen molar-refractivity contribution in [3.05, 3.63) is 71.7 Å². The lowest BCUT2D eigenvalue weighted by atomic mass is 9.91. The van der Waals surface area contributed by atoms with E-state index in [2.05, 4.69) is 65.4 Å². The van der Waals surface area contributed by atoms with Gasteiger partial charge in [0.05, 0.1) is 17.4 Å². The van der Waals surface area contributed by atoms with Crippen LogP contribution in [0.2, 0.25) is 0 Å². The smallest absolute Gasteiger partial charge is 0.132 e. The first-order valence-corrected chi connectivity index (χ1v) is 13.5. The van der Waals surface area contributed by atoms with Crippen molar-refractivity contribution in [3.63, 3.8) is 0 Å². The van der Waals surface area contributed by atoms with Gasteiger partial charge in [-0.3, -0.25) is 5.10 Å². The molecular weight excluding hydrogens is 476 g/mol. The van der Waals surface area contributed by atoms with E-state index in [4.69, 9.17) is 15.0 Å². The third kappa shape index (κ3) is 2.98. The van der Waals surface area contributed by atoms with Crippen LogP contribution >= 0.6 is 11.3 Å². The Balaban J connectivity index is 1.35. The molecule has 0 spiro atoms.